The van der Waals surface area contributed by atoms with E-state index < -0.39 is 0 Å². The Morgan fingerprint density at radius 3 is 2.55 bits per heavy atom. The molecule has 4 heteroatoms. The zero-order valence-corrected chi connectivity index (χ0v) is 12.0. The standard InChI is InChI=1S/C16H21N3O/c1-13-4-7-15(8-5-13)18(2)10-3-11-19-12-14(17)6-9-16(19)20/h4-9,12H,3,10-11,17H2,1-2H3. The first-order chi connectivity index (χ1) is 9.56. The molecule has 1 heterocycles. The van der Waals surface area contributed by atoms with E-state index in [1.807, 2.05) is 0 Å². The molecule has 106 valence electrons. The van der Waals surface area contributed by atoms with E-state index in [2.05, 4.69) is 43.1 Å². The number of pyridine rings is 1. The SMILES string of the molecule is Cc1ccc(N(C)CCCn2cc(N)ccc2=O)cc1. The highest BCUT2D eigenvalue weighted by atomic mass is 16.1. The summed E-state index contributed by atoms with van der Waals surface area (Å²) >= 11 is 0. The molecule has 0 aliphatic carbocycles. The Morgan fingerprint density at radius 1 is 1.15 bits per heavy atom. The predicted molar refractivity (Wildman–Crippen MR) is 84.2 cm³/mol. The fraction of sp³-hybridized carbons (Fsp3) is 0.312. The smallest absolute Gasteiger partial charge is 0.250 e. The third-order valence-electron chi connectivity index (χ3n) is 3.37. The molecule has 0 saturated carbocycles. The highest BCUT2D eigenvalue weighted by Gasteiger charge is 2.01. The van der Waals surface area contributed by atoms with Crippen molar-refractivity contribution >= 4 is 11.4 Å². The number of nitrogen functional groups attached to an aromatic ring is 1. The molecule has 0 amide bonds. The zero-order valence-electron chi connectivity index (χ0n) is 12.0. The second kappa shape index (κ2) is 6.28. The molecule has 1 aromatic heterocycles. The van der Waals surface area contributed by atoms with Crippen LogP contribution in [0.25, 0.3) is 0 Å². The van der Waals surface area contributed by atoms with Gasteiger partial charge in [0.2, 0.25) is 0 Å². The third-order valence-corrected chi connectivity index (χ3v) is 3.37. The Bertz CT molecular complexity index is 616. The van der Waals surface area contributed by atoms with E-state index in [1.165, 1.54) is 17.3 Å². The lowest BCUT2D eigenvalue weighted by molar-refractivity contribution is 0.620. The van der Waals surface area contributed by atoms with Gasteiger partial charge in [0.1, 0.15) is 0 Å². The number of benzene rings is 1. The van der Waals surface area contributed by atoms with Crippen molar-refractivity contribution in [3.05, 3.63) is 58.5 Å². The molecule has 0 unspecified atom stereocenters. The Kier molecular flexibility index (Phi) is 4.45. The van der Waals surface area contributed by atoms with Gasteiger partial charge in [0.15, 0.2) is 0 Å². The average molecular weight is 271 g/mol. The molecule has 2 N–H and O–H groups in total. The second-order valence-corrected chi connectivity index (χ2v) is 5.10. The molecule has 0 aliphatic rings. The highest BCUT2D eigenvalue weighted by Crippen LogP contribution is 2.13. The van der Waals surface area contributed by atoms with Gasteiger partial charge in [0.25, 0.3) is 5.56 Å². The molecule has 4 nitrogen and oxygen atoms in total. The monoisotopic (exact) mass is 271 g/mol. The van der Waals surface area contributed by atoms with Crippen molar-refractivity contribution in [3.63, 3.8) is 0 Å². The Morgan fingerprint density at radius 2 is 1.85 bits per heavy atom. The number of hydrogen-bond donors (Lipinski definition) is 1. The third kappa shape index (κ3) is 3.63. The lowest BCUT2D eigenvalue weighted by Crippen LogP contribution is -2.23. The highest BCUT2D eigenvalue weighted by molar-refractivity contribution is 5.46. The molecule has 2 aromatic rings. The van der Waals surface area contributed by atoms with Crippen molar-refractivity contribution in [2.45, 2.75) is 19.9 Å². The average Bonchev–Trinajstić information content (AvgIpc) is 2.43. The summed E-state index contributed by atoms with van der Waals surface area (Å²) in [6.07, 6.45) is 2.60. The van der Waals surface area contributed by atoms with Crippen LogP contribution in [0, 0.1) is 6.92 Å². The summed E-state index contributed by atoms with van der Waals surface area (Å²) in [6.45, 7) is 3.65. The van der Waals surface area contributed by atoms with Gasteiger partial charge < -0.3 is 15.2 Å². The molecule has 0 aliphatic heterocycles. The lowest BCUT2D eigenvalue weighted by atomic mass is 10.2. The van der Waals surface area contributed by atoms with Gasteiger partial charge in [-0.25, -0.2) is 0 Å². The summed E-state index contributed by atoms with van der Waals surface area (Å²) < 4.78 is 1.66. The van der Waals surface area contributed by atoms with Gasteiger partial charge in [-0.15, -0.1) is 0 Å². The van der Waals surface area contributed by atoms with Crippen molar-refractivity contribution < 1.29 is 0 Å². The van der Waals surface area contributed by atoms with Crippen LogP contribution in [0.1, 0.15) is 12.0 Å². The fourth-order valence-corrected chi connectivity index (χ4v) is 2.13. The van der Waals surface area contributed by atoms with Gasteiger partial charge in [-0.2, -0.15) is 0 Å². The number of aryl methyl sites for hydroxylation is 2. The first-order valence-corrected chi connectivity index (χ1v) is 6.80. The number of aromatic nitrogens is 1. The maximum Gasteiger partial charge on any atom is 0.250 e. The molecule has 1 aromatic carbocycles. The van der Waals surface area contributed by atoms with Crippen LogP contribution in [-0.2, 0) is 6.54 Å². The fourth-order valence-electron chi connectivity index (χ4n) is 2.13. The minimum atomic E-state index is -0.00260. The van der Waals surface area contributed by atoms with Crippen LogP contribution in [0.2, 0.25) is 0 Å². The summed E-state index contributed by atoms with van der Waals surface area (Å²) in [5.74, 6) is 0. The molecular weight excluding hydrogens is 250 g/mol. The first kappa shape index (κ1) is 14.2. The topological polar surface area (TPSA) is 51.3 Å². The van der Waals surface area contributed by atoms with Crippen LogP contribution in [0.3, 0.4) is 0 Å². The molecule has 0 spiro atoms. The van der Waals surface area contributed by atoms with E-state index in [-0.39, 0.29) is 5.56 Å². The molecule has 0 fully saturated rings. The molecule has 0 radical (unpaired) electrons. The van der Waals surface area contributed by atoms with E-state index in [0.717, 1.165) is 13.0 Å². The maximum atomic E-state index is 11.6. The largest absolute Gasteiger partial charge is 0.398 e. The van der Waals surface area contributed by atoms with Crippen molar-refractivity contribution in [2.24, 2.45) is 0 Å². The normalized spacial score (nSPS) is 10.5. The van der Waals surface area contributed by atoms with E-state index in [1.54, 1.807) is 16.8 Å². The van der Waals surface area contributed by atoms with E-state index in [4.69, 9.17) is 5.73 Å². The van der Waals surface area contributed by atoms with Crippen LogP contribution in [0.4, 0.5) is 11.4 Å². The number of nitrogens with zero attached hydrogens (tertiary/aromatic N) is 2. The lowest BCUT2D eigenvalue weighted by Gasteiger charge is -2.19. The van der Waals surface area contributed by atoms with E-state index in [9.17, 15) is 4.79 Å². The summed E-state index contributed by atoms with van der Waals surface area (Å²) in [5.41, 5.74) is 8.76. The Labute approximate surface area is 119 Å². The van der Waals surface area contributed by atoms with Gasteiger partial charge in [-0.05, 0) is 31.5 Å². The number of anilines is 2. The minimum Gasteiger partial charge on any atom is -0.398 e. The van der Waals surface area contributed by atoms with Crippen molar-refractivity contribution in [1.82, 2.24) is 4.57 Å². The molecule has 0 atom stereocenters. The van der Waals surface area contributed by atoms with Crippen LogP contribution in [0.15, 0.2) is 47.4 Å². The second-order valence-electron chi connectivity index (χ2n) is 5.10. The van der Waals surface area contributed by atoms with Gasteiger partial charge in [-0.3, -0.25) is 4.79 Å². The molecule has 0 bridgehead atoms. The van der Waals surface area contributed by atoms with E-state index >= 15 is 0 Å². The minimum absolute atomic E-state index is 0.00260. The van der Waals surface area contributed by atoms with Crippen molar-refractivity contribution in [1.29, 1.82) is 0 Å². The van der Waals surface area contributed by atoms with Gasteiger partial charge >= 0.3 is 0 Å². The van der Waals surface area contributed by atoms with E-state index in [0.29, 0.717) is 12.2 Å². The van der Waals surface area contributed by atoms with Crippen LogP contribution >= 0.6 is 0 Å². The maximum absolute atomic E-state index is 11.6. The van der Waals surface area contributed by atoms with Crippen LogP contribution in [-0.4, -0.2) is 18.2 Å². The van der Waals surface area contributed by atoms with Crippen LogP contribution in [0.5, 0.6) is 0 Å². The molecule has 0 saturated heterocycles. The summed E-state index contributed by atoms with van der Waals surface area (Å²) in [6, 6.07) is 11.6. The number of rotatable bonds is 5. The van der Waals surface area contributed by atoms with Gasteiger partial charge in [0, 0.05) is 43.8 Å². The Balaban J connectivity index is 1.91. The molecule has 2 rings (SSSR count). The molecule has 20 heavy (non-hydrogen) atoms. The predicted octanol–water partition coefficient (Wildman–Crippen LogP) is 2.27. The first-order valence-electron chi connectivity index (χ1n) is 6.80. The summed E-state index contributed by atoms with van der Waals surface area (Å²) in [5, 5.41) is 0. The van der Waals surface area contributed by atoms with Crippen molar-refractivity contribution in [2.75, 3.05) is 24.2 Å². The number of nitrogens with two attached hydrogens (primary N) is 1. The van der Waals surface area contributed by atoms with Crippen molar-refractivity contribution in [3.8, 4) is 0 Å². The van der Waals surface area contributed by atoms with Crippen LogP contribution < -0.4 is 16.2 Å². The van der Waals surface area contributed by atoms with Gasteiger partial charge in [-0.1, -0.05) is 17.7 Å². The van der Waals surface area contributed by atoms with Gasteiger partial charge in [0.05, 0.1) is 0 Å². The summed E-state index contributed by atoms with van der Waals surface area (Å²) in [7, 11) is 2.06. The molecular formula is C16H21N3O. The Hall–Kier alpha value is -2.23. The quantitative estimate of drug-likeness (QED) is 0.907. The zero-order chi connectivity index (χ0) is 14.5. The number of hydrogen-bond acceptors (Lipinski definition) is 3. The summed E-state index contributed by atoms with van der Waals surface area (Å²) in [4.78, 5) is 13.8.